The predicted octanol–water partition coefficient (Wildman–Crippen LogP) is 4.43. The lowest BCUT2D eigenvalue weighted by Crippen LogP contribution is -2.19. The second-order valence-corrected chi connectivity index (χ2v) is 8.22. The van der Waals surface area contributed by atoms with Crippen LogP contribution in [0, 0.1) is 23.6 Å². The number of unbranched alkanes of at least 4 members (excludes halogenated alkanes) is 1. The van der Waals surface area contributed by atoms with Gasteiger partial charge in [-0.1, -0.05) is 43.4 Å². The molecule has 1 saturated carbocycles. The average molecular weight is 435 g/mol. The summed E-state index contributed by atoms with van der Waals surface area (Å²) in [6.45, 7) is 2.33. The third-order valence-corrected chi connectivity index (χ3v) is 5.88. The molecule has 172 valence electrons. The van der Waals surface area contributed by atoms with Crippen LogP contribution < -0.4 is 4.74 Å². The van der Waals surface area contributed by atoms with Gasteiger partial charge in [-0.2, -0.15) is 0 Å². The molecule has 2 N–H and O–H groups in total. The minimum absolute atomic E-state index is 0.102. The van der Waals surface area contributed by atoms with E-state index in [0.717, 1.165) is 25.7 Å². The molecule has 0 spiro atoms. The number of benzene rings is 1. The number of para-hydroxylation sites is 1. The molecule has 0 amide bonds. The van der Waals surface area contributed by atoms with Crippen LogP contribution in [0.1, 0.15) is 45.4 Å². The lowest BCUT2D eigenvalue weighted by atomic mass is 9.86. The summed E-state index contributed by atoms with van der Waals surface area (Å²) in [5.41, 5.74) is 0. The fourth-order valence-electron chi connectivity index (χ4n) is 4.08. The summed E-state index contributed by atoms with van der Waals surface area (Å²) in [5, 5.41) is 20.7. The Bertz CT molecular complexity index is 732. The molecule has 5 unspecified atom stereocenters. The summed E-state index contributed by atoms with van der Waals surface area (Å²) in [5.74, 6) is 0.177. The van der Waals surface area contributed by atoms with Gasteiger partial charge >= 0.3 is 5.97 Å². The number of esters is 1. The van der Waals surface area contributed by atoms with Crippen LogP contribution in [0.25, 0.3) is 0 Å². The van der Waals surface area contributed by atoms with Gasteiger partial charge in [0.25, 0.3) is 0 Å². The summed E-state index contributed by atoms with van der Waals surface area (Å²) >= 11 is 0. The van der Waals surface area contributed by atoms with E-state index >= 15 is 0 Å². The highest BCUT2D eigenvalue weighted by atomic mass is 19.1. The van der Waals surface area contributed by atoms with Crippen LogP contribution in [0.15, 0.2) is 48.6 Å². The van der Waals surface area contributed by atoms with Crippen molar-refractivity contribution in [3.05, 3.63) is 54.4 Å². The first-order chi connectivity index (χ1) is 14.9. The number of hydrogen-bond donors (Lipinski definition) is 2. The van der Waals surface area contributed by atoms with Gasteiger partial charge in [0.05, 0.1) is 25.9 Å². The molecule has 6 heteroatoms. The molecule has 0 radical (unpaired) electrons. The van der Waals surface area contributed by atoms with Gasteiger partial charge in [0, 0.05) is 12.8 Å². The Balaban J connectivity index is 1.78. The maximum atomic E-state index is 13.6. The van der Waals surface area contributed by atoms with E-state index in [9.17, 15) is 19.4 Å². The second-order valence-electron chi connectivity index (χ2n) is 8.22. The Labute approximate surface area is 184 Å². The van der Waals surface area contributed by atoms with E-state index in [1.54, 1.807) is 24.3 Å². The Kier molecular flexibility index (Phi) is 10.7. The standard InChI is InChI=1S/C25H35FO5/c1-18-17-23(28)21(9-5-3-4-6-12-25(29)30-2)20(18)14-13-19(27)15-16-31-24-11-8-7-10-22(24)26/h3,5,7-8,10-11,13-14,18-21,23,27-28H,4,6,9,12,15-17H2,1-2H3/b5-3+,14-13+. The molecule has 1 aliphatic carbocycles. The molecule has 1 aliphatic rings. The molecule has 1 aromatic rings. The molecule has 5 atom stereocenters. The topological polar surface area (TPSA) is 76.0 Å². The van der Waals surface area contributed by atoms with Gasteiger partial charge < -0.3 is 19.7 Å². The Morgan fingerprint density at radius 2 is 2.10 bits per heavy atom. The van der Waals surface area contributed by atoms with E-state index in [2.05, 4.69) is 17.7 Å². The normalized spacial score (nSPS) is 24.7. The largest absolute Gasteiger partial charge is 0.490 e. The van der Waals surface area contributed by atoms with Crippen LogP contribution in [-0.2, 0) is 9.53 Å². The van der Waals surface area contributed by atoms with Gasteiger partial charge in [-0.3, -0.25) is 4.79 Å². The summed E-state index contributed by atoms with van der Waals surface area (Å²) in [6.07, 6.45) is 10.6. The highest BCUT2D eigenvalue weighted by Gasteiger charge is 2.37. The number of halogens is 1. The summed E-state index contributed by atoms with van der Waals surface area (Å²) < 4.78 is 23.6. The minimum Gasteiger partial charge on any atom is -0.490 e. The van der Waals surface area contributed by atoms with Gasteiger partial charge in [-0.25, -0.2) is 4.39 Å². The first kappa shape index (κ1) is 25.1. The van der Waals surface area contributed by atoms with E-state index in [4.69, 9.17) is 4.74 Å². The number of rotatable bonds is 12. The molecular weight excluding hydrogens is 399 g/mol. The number of carbonyl (C=O) groups excluding carboxylic acids is 1. The summed E-state index contributed by atoms with van der Waals surface area (Å²) in [7, 11) is 1.39. The lowest BCUT2D eigenvalue weighted by molar-refractivity contribution is -0.140. The molecule has 1 fully saturated rings. The fraction of sp³-hybridized carbons (Fsp3) is 0.560. The molecule has 0 saturated heterocycles. The zero-order valence-corrected chi connectivity index (χ0v) is 18.5. The van der Waals surface area contributed by atoms with Crippen molar-refractivity contribution in [1.29, 1.82) is 0 Å². The Morgan fingerprint density at radius 1 is 1.32 bits per heavy atom. The Morgan fingerprint density at radius 3 is 2.84 bits per heavy atom. The van der Waals surface area contributed by atoms with Gasteiger partial charge in [0.1, 0.15) is 0 Å². The van der Waals surface area contributed by atoms with E-state index in [1.165, 1.54) is 13.2 Å². The van der Waals surface area contributed by atoms with Crippen LogP contribution in [0.5, 0.6) is 5.75 Å². The molecule has 31 heavy (non-hydrogen) atoms. The van der Waals surface area contributed by atoms with Crippen molar-refractivity contribution >= 4 is 5.97 Å². The average Bonchev–Trinajstić information content (AvgIpc) is 3.02. The molecular formula is C25H35FO5. The van der Waals surface area contributed by atoms with Gasteiger partial charge in [-0.05, 0) is 55.6 Å². The number of methoxy groups -OCH3 is 1. The smallest absolute Gasteiger partial charge is 0.305 e. The fourth-order valence-corrected chi connectivity index (χ4v) is 4.08. The highest BCUT2D eigenvalue weighted by molar-refractivity contribution is 5.69. The first-order valence-corrected chi connectivity index (χ1v) is 11.1. The van der Waals surface area contributed by atoms with E-state index < -0.39 is 11.9 Å². The quantitative estimate of drug-likeness (QED) is 0.289. The molecule has 0 heterocycles. The zero-order chi connectivity index (χ0) is 22.6. The monoisotopic (exact) mass is 434 g/mol. The maximum absolute atomic E-state index is 13.6. The minimum atomic E-state index is -0.689. The first-order valence-electron chi connectivity index (χ1n) is 11.1. The second kappa shape index (κ2) is 13.3. The van der Waals surface area contributed by atoms with Gasteiger partial charge in [-0.15, -0.1) is 0 Å². The van der Waals surface area contributed by atoms with Gasteiger partial charge in [0.15, 0.2) is 11.6 Å². The third-order valence-electron chi connectivity index (χ3n) is 5.88. The van der Waals surface area contributed by atoms with Crippen molar-refractivity contribution in [3.8, 4) is 5.75 Å². The zero-order valence-electron chi connectivity index (χ0n) is 18.5. The van der Waals surface area contributed by atoms with Crippen LogP contribution >= 0.6 is 0 Å². The number of aliphatic hydroxyl groups excluding tert-OH is 2. The number of allylic oxidation sites excluding steroid dienone is 3. The molecule has 0 aromatic heterocycles. The van der Waals surface area contributed by atoms with Crippen molar-refractivity contribution in [3.63, 3.8) is 0 Å². The number of carbonyl (C=O) groups is 1. The predicted molar refractivity (Wildman–Crippen MR) is 118 cm³/mol. The summed E-state index contributed by atoms with van der Waals surface area (Å²) in [4.78, 5) is 11.1. The van der Waals surface area contributed by atoms with E-state index in [1.807, 2.05) is 12.2 Å². The van der Waals surface area contributed by atoms with Gasteiger partial charge in [0.2, 0.25) is 0 Å². The van der Waals surface area contributed by atoms with E-state index in [0.29, 0.717) is 18.8 Å². The van der Waals surface area contributed by atoms with Crippen molar-refractivity contribution in [2.45, 2.75) is 57.7 Å². The molecule has 0 bridgehead atoms. The third kappa shape index (κ3) is 8.46. The lowest BCUT2D eigenvalue weighted by Gasteiger charge is -2.20. The number of hydrogen-bond acceptors (Lipinski definition) is 5. The maximum Gasteiger partial charge on any atom is 0.305 e. The van der Waals surface area contributed by atoms with Crippen molar-refractivity contribution in [2.24, 2.45) is 17.8 Å². The van der Waals surface area contributed by atoms with Crippen molar-refractivity contribution in [2.75, 3.05) is 13.7 Å². The molecule has 1 aromatic carbocycles. The van der Waals surface area contributed by atoms with Crippen LogP contribution in [-0.4, -0.2) is 42.1 Å². The van der Waals surface area contributed by atoms with Crippen LogP contribution in [0.3, 0.4) is 0 Å². The number of aliphatic hydroxyl groups is 2. The van der Waals surface area contributed by atoms with Crippen LogP contribution in [0.2, 0.25) is 0 Å². The molecule has 5 nitrogen and oxygen atoms in total. The summed E-state index contributed by atoms with van der Waals surface area (Å²) in [6, 6.07) is 6.21. The Hall–Kier alpha value is -2.18. The number of ether oxygens (including phenoxy) is 2. The SMILES string of the molecule is COC(=O)CCC/C=C/CC1C(O)CC(C)C1/C=C/C(O)CCOc1ccccc1F. The van der Waals surface area contributed by atoms with Crippen LogP contribution in [0.4, 0.5) is 4.39 Å². The molecule has 0 aliphatic heterocycles. The van der Waals surface area contributed by atoms with Crippen molar-refractivity contribution in [1.82, 2.24) is 0 Å². The van der Waals surface area contributed by atoms with Crippen molar-refractivity contribution < 1.29 is 28.9 Å². The van der Waals surface area contributed by atoms with E-state index in [-0.39, 0.29) is 36.3 Å². The molecule has 2 rings (SSSR count). The highest BCUT2D eigenvalue weighted by Crippen LogP contribution is 2.40.